The third kappa shape index (κ3) is 2.41. The molecule has 0 bridgehead atoms. The van der Waals surface area contributed by atoms with Crippen LogP contribution >= 0.6 is 12.2 Å². The van der Waals surface area contributed by atoms with Crippen LogP contribution in [-0.4, -0.2) is 22.2 Å². The Morgan fingerprint density at radius 2 is 2.00 bits per heavy atom. The van der Waals surface area contributed by atoms with E-state index >= 15 is 0 Å². The van der Waals surface area contributed by atoms with Crippen molar-refractivity contribution in [3.05, 3.63) is 58.2 Å². The van der Waals surface area contributed by atoms with Gasteiger partial charge in [0, 0.05) is 17.5 Å². The van der Waals surface area contributed by atoms with Gasteiger partial charge in [-0.1, -0.05) is 24.4 Å². The standard InChI is InChI=1S/C18H14N2O3S/c1-22-12-7-5-10(6-8-12)16-19-17-13(18(24)20-16)9-11-3-2-4-14(21)15(11)23-17/h2-8,21H,9H2,1H3,(H,19,20,24). The molecule has 5 nitrogen and oxygen atoms in total. The quantitative estimate of drug-likeness (QED) is 0.536. The molecule has 0 saturated heterocycles. The summed E-state index contributed by atoms with van der Waals surface area (Å²) in [5, 5.41) is 10.0. The average molecular weight is 338 g/mol. The Bertz CT molecular complexity index is 981. The summed E-state index contributed by atoms with van der Waals surface area (Å²) in [5.41, 5.74) is 2.58. The van der Waals surface area contributed by atoms with Crippen molar-refractivity contribution >= 4 is 12.2 Å². The van der Waals surface area contributed by atoms with Gasteiger partial charge in [-0.2, -0.15) is 0 Å². The number of aromatic nitrogens is 2. The number of nitrogens with one attached hydrogen (secondary N) is 1. The highest BCUT2D eigenvalue weighted by Gasteiger charge is 2.22. The lowest BCUT2D eigenvalue weighted by atomic mass is 10.0. The zero-order valence-corrected chi connectivity index (χ0v) is 13.7. The number of aromatic hydroxyl groups is 1. The smallest absolute Gasteiger partial charge is 0.205 e. The van der Waals surface area contributed by atoms with Crippen molar-refractivity contribution in [1.29, 1.82) is 0 Å². The maximum absolute atomic E-state index is 10.0. The van der Waals surface area contributed by atoms with Crippen LogP contribution < -0.4 is 9.47 Å². The predicted octanol–water partition coefficient (Wildman–Crippen LogP) is 4.22. The summed E-state index contributed by atoms with van der Waals surface area (Å²) >= 11 is 5.44. The molecule has 1 aromatic heterocycles. The molecule has 6 heteroatoms. The highest BCUT2D eigenvalue weighted by molar-refractivity contribution is 7.71. The molecule has 0 unspecified atom stereocenters. The molecule has 1 aliphatic rings. The van der Waals surface area contributed by atoms with E-state index in [4.69, 9.17) is 21.7 Å². The van der Waals surface area contributed by atoms with Crippen molar-refractivity contribution < 1.29 is 14.6 Å². The molecule has 0 amide bonds. The highest BCUT2D eigenvalue weighted by atomic mass is 32.1. The van der Waals surface area contributed by atoms with Crippen LogP contribution in [-0.2, 0) is 6.42 Å². The molecule has 0 aliphatic carbocycles. The number of aromatic amines is 1. The van der Waals surface area contributed by atoms with Gasteiger partial charge >= 0.3 is 0 Å². The Morgan fingerprint density at radius 3 is 2.75 bits per heavy atom. The first-order chi connectivity index (χ1) is 11.7. The monoisotopic (exact) mass is 338 g/mol. The summed E-state index contributed by atoms with van der Waals surface area (Å²) in [4.78, 5) is 7.66. The average Bonchev–Trinajstić information content (AvgIpc) is 2.61. The topological polar surface area (TPSA) is 67.4 Å². The molecule has 0 saturated carbocycles. The van der Waals surface area contributed by atoms with Gasteiger partial charge in [0.15, 0.2) is 11.5 Å². The maximum atomic E-state index is 10.0. The van der Waals surface area contributed by atoms with Crippen molar-refractivity contribution in [2.45, 2.75) is 6.42 Å². The number of ether oxygens (including phenoxy) is 2. The van der Waals surface area contributed by atoms with Crippen molar-refractivity contribution in [3.63, 3.8) is 0 Å². The summed E-state index contributed by atoms with van der Waals surface area (Å²) in [5.74, 6) is 2.48. The van der Waals surface area contributed by atoms with Gasteiger partial charge < -0.3 is 19.6 Å². The van der Waals surface area contributed by atoms with Gasteiger partial charge in [0.05, 0.1) is 12.7 Å². The van der Waals surface area contributed by atoms with Gasteiger partial charge in [-0.05, 0) is 30.3 Å². The summed E-state index contributed by atoms with van der Waals surface area (Å²) in [6.45, 7) is 0. The van der Waals surface area contributed by atoms with Crippen molar-refractivity contribution in [3.8, 4) is 34.5 Å². The number of hydrogen-bond acceptors (Lipinski definition) is 5. The summed E-state index contributed by atoms with van der Waals surface area (Å²) in [6.07, 6.45) is 0.574. The lowest BCUT2D eigenvalue weighted by Gasteiger charge is -2.21. The lowest BCUT2D eigenvalue weighted by molar-refractivity contribution is 0.388. The molecule has 3 aromatic rings. The predicted molar refractivity (Wildman–Crippen MR) is 92.4 cm³/mol. The van der Waals surface area contributed by atoms with Crippen LogP contribution in [0.3, 0.4) is 0 Å². The molecular weight excluding hydrogens is 324 g/mol. The molecule has 0 radical (unpaired) electrons. The number of benzene rings is 2. The zero-order valence-electron chi connectivity index (χ0n) is 12.9. The van der Waals surface area contributed by atoms with Gasteiger partial charge in [-0.3, -0.25) is 0 Å². The second kappa shape index (κ2) is 5.65. The van der Waals surface area contributed by atoms with E-state index in [0.29, 0.717) is 28.5 Å². The summed E-state index contributed by atoms with van der Waals surface area (Å²) < 4.78 is 11.5. The van der Waals surface area contributed by atoms with E-state index in [1.54, 1.807) is 19.2 Å². The SMILES string of the molecule is COc1ccc(-c2nc(=S)c3c([nH]2)Oc2c(O)cccc2C3)cc1. The molecule has 1 aliphatic heterocycles. The van der Waals surface area contributed by atoms with Gasteiger partial charge in [-0.25, -0.2) is 4.98 Å². The van der Waals surface area contributed by atoms with E-state index in [0.717, 1.165) is 22.4 Å². The number of hydrogen-bond donors (Lipinski definition) is 2. The van der Waals surface area contributed by atoms with E-state index in [1.807, 2.05) is 30.3 Å². The Morgan fingerprint density at radius 1 is 1.21 bits per heavy atom. The van der Waals surface area contributed by atoms with Crippen molar-refractivity contribution in [2.24, 2.45) is 0 Å². The van der Waals surface area contributed by atoms with Gasteiger partial charge in [0.2, 0.25) is 5.88 Å². The fourth-order valence-corrected chi connectivity index (χ4v) is 2.98. The molecular formula is C18H14N2O3S. The molecule has 120 valence electrons. The number of nitrogens with zero attached hydrogens (tertiary/aromatic N) is 1. The number of phenolic OH excluding ortho intramolecular Hbond substituents is 1. The molecule has 0 spiro atoms. The molecule has 0 fully saturated rings. The van der Waals surface area contributed by atoms with Crippen LogP contribution in [0.15, 0.2) is 42.5 Å². The van der Waals surface area contributed by atoms with Crippen molar-refractivity contribution in [2.75, 3.05) is 7.11 Å². The maximum Gasteiger partial charge on any atom is 0.205 e. The van der Waals surface area contributed by atoms with Gasteiger partial charge in [0.1, 0.15) is 16.2 Å². The fourth-order valence-electron chi connectivity index (χ4n) is 2.73. The van der Waals surface area contributed by atoms with Crippen LogP contribution in [0.5, 0.6) is 23.1 Å². The van der Waals surface area contributed by atoms with E-state index in [1.165, 1.54) is 0 Å². The first kappa shape index (κ1) is 14.7. The van der Waals surface area contributed by atoms with Gasteiger partial charge in [-0.15, -0.1) is 0 Å². The van der Waals surface area contributed by atoms with E-state index in [9.17, 15) is 5.11 Å². The number of rotatable bonds is 2. The zero-order chi connectivity index (χ0) is 16.7. The molecule has 24 heavy (non-hydrogen) atoms. The molecule has 2 N–H and O–H groups in total. The number of methoxy groups -OCH3 is 1. The van der Waals surface area contributed by atoms with Crippen LogP contribution in [0.4, 0.5) is 0 Å². The Labute approximate surface area is 143 Å². The second-order valence-corrected chi connectivity index (χ2v) is 5.86. The Hall–Kier alpha value is -2.86. The minimum atomic E-state index is 0.111. The number of para-hydroxylation sites is 1. The largest absolute Gasteiger partial charge is 0.504 e. The minimum absolute atomic E-state index is 0.111. The third-order valence-electron chi connectivity index (χ3n) is 3.99. The van der Waals surface area contributed by atoms with Crippen molar-refractivity contribution in [1.82, 2.24) is 9.97 Å². The Kier molecular flexibility index (Phi) is 3.46. The van der Waals surface area contributed by atoms with Crippen LogP contribution in [0.1, 0.15) is 11.1 Å². The summed E-state index contributed by atoms with van der Waals surface area (Å²) in [6, 6.07) is 12.8. The van der Waals surface area contributed by atoms with Crippen LogP contribution in [0.2, 0.25) is 0 Å². The summed E-state index contributed by atoms with van der Waals surface area (Å²) in [7, 11) is 1.62. The highest BCUT2D eigenvalue weighted by Crippen LogP contribution is 2.41. The number of phenols is 1. The normalized spacial score (nSPS) is 12.0. The molecule has 0 atom stereocenters. The van der Waals surface area contributed by atoms with Crippen LogP contribution in [0, 0.1) is 4.64 Å². The van der Waals surface area contributed by atoms with E-state index in [2.05, 4.69) is 9.97 Å². The number of H-pyrrole nitrogens is 1. The first-order valence-corrected chi connectivity index (χ1v) is 7.83. The first-order valence-electron chi connectivity index (χ1n) is 7.42. The second-order valence-electron chi connectivity index (χ2n) is 5.47. The van der Waals surface area contributed by atoms with E-state index < -0.39 is 0 Å². The van der Waals surface area contributed by atoms with Crippen LogP contribution in [0.25, 0.3) is 11.4 Å². The van der Waals surface area contributed by atoms with E-state index in [-0.39, 0.29) is 5.75 Å². The molecule has 2 aromatic carbocycles. The molecule has 4 rings (SSSR count). The third-order valence-corrected chi connectivity index (χ3v) is 4.33. The molecule has 2 heterocycles. The number of fused-ring (bicyclic) bond motifs is 2. The van der Waals surface area contributed by atoms with Gasteiger partial charge in [0.25, 0.3) is 0 Å². The fraction of sp³-hybridized carbons (Fsp3) is 0.111. The lowest BCUT2D eigenvalue weighted by Crippen LogP contribution is -2.08. The Balaban J connectivity index is 1.79. The minimum Gasteiger partial charge on any atom is -0.504 e.